The number of aliphatic hydroxyl groups is 4. The first-order valence-electron chi connectivity index (χ1n) is 3.38. The Labute approximate surface area is 73.4 Å². The molecule has 0 heterocycles. The van der Waals surface area contributed by atoms with E-state index < -0.39 is 30.3 Å². The van der Waals surface area contributed by atoms with Gasteiger partial charge in [-0.1, -0.05) is 0 Å². The molecule has 0 fully saturated rings. The molecule has 0 radical (unpaired) electrons. The number of rotatable bonds is 5. The van der Waals surface area contributed by atoms with Crippen LogP contribution >= 0.6 is 0 Å². The van der Waals surface area contributed by atoms with E-state index >= 15 is 0 Å². The molecule has 7 heteroatoms. The van der Waals surface area contributed by atoms with E-state index in [1.807, 2.05) is 0 Å². The maximum atomic E-state index is 10.3. The molecular weight excluding hydrogens is 182 g/mol. The van der Waals surface area contributed by atoms with Crippen molar-refractivity contribution in [3.63, 3.8) is 0 Å². The lowest BCUT2D eigenvalue weighted by atomic mass is 10.0. The van der Waals surface area contributed by atoms with Gasteiger partial charge in [0.1, 0.15) is 18.3 Å². The van der Waals surface area contributed by atoms with Gasteiger partial charge in [0.2, 0.25) is 5.91 Å². The first kappa shape index (κ1) is 12.0. The molecule has 0 saturated carbocycles. The molecule has 0 aliphatic heterocycles. The second kappa shape index (κ2) is 4.87. The second-order valence-corrected chi connectivity index (χ2v) is 2.46. The molecule has 6 N–H and O–H groups in total. The lowest BCUT2D eigenvalue weighted by Crippen LogP contribution is -2.49. The predicted molar refractivity (Wildman–Crippen MR) is 39.3 cm³/mol. The minimum atomic E-state index is -2.02. The monoisotopic (exact) mass is 193 g/mol. The zero-order valence-corrected chi connectivity index (χ0v) is 6.57. The lowest BCUT2D eigenvalue weighted by Gasteiger charge is -2.21. The van der Waals surface area contributed by atoms with E-state index in [2.05, 4.69) is 5.73 Å². The van der Waals surface area contributed by atoms with Gasteiger partial charge in [0.25, 0.3) is 0 Å². The molecule has 0 aromatic carbocycles. The molecule has 0 rings (SSSR count). The average molecular weight is 193 g/mol. The van der Waals surface area contributed by atoms with Crippen molar-refractivity contribution in [2.45, 2.75) is 24.4 Å². The summed E-state index contributed by atoms with van der Waals surface area (Å²) in [6, 6.07) is 0. The smallest absolute Gasteiger partial charge is 0.249 e. The van der Waals surface area contributed by atoms with Crippen molar-refractivity contribution in [3.8, 4) is 0 Å². The van der Waals surface area contributed by atoms with Crippen LogP contribution in [0.3, 0.4) is 0 Å². The van der Waals surface area contributed by atoms with Crippen LogP contribution in [0, 0.1) is 0 Å². The lowest BCUT2D eigenvalue weighted by molar-refractivity contribution is -0.147. The summed E-state index contributed by atoms with van der Waals surface area (Å²) >= 11 is 0. The van der Waals surface area contributed by atoms with Gasteiger partial charge in [-0.15, -0.1) is 0 Å². The maximum Gasteiger partial charge on any atom is 0.249 e. The minimum absolute atomic E-state index is 0.0401. The van der Waals surface area contributed by atoms with Crippen LogP contribution in [0.2, 0.25) is 0 Å². The number of primary amides is 1. The van der Waals surface area contributed by atoms with Gasteiger partial charge < -0.3 is 31.0 Å². The molecule has 0 aliphatic rings. The van der Waals surface area contributed by atoms with Crippen molar-refractivity contribution in [1.29, 1.82) is 0 Å². The fourth-order valence-corrected chi connectivity index (χ4v) is 0.638. The van der Waals surface area contributed by atoms with Gasteiger partial charge in [-0.2, -0.15) is 0 Å². The van der Waals surface area contributed by atoms with Crippen LogP contribution in [0.1, 0.15) is 0 Å². The Hall–Kier alpha value is -1.02. The third kappa shape index (κ3) is 3.07. The molecule has 7 nitrogen and oxygen atoms in total. The summed E-state index contributed by atoms with van der Waals surface area (Å²) < 4.78 is 0. The van der Waals surface area contributed by atoms with Crippen LogP contribution in [0.4, 0.5) is 0 Å². The Morgan fingerprint density at radius 3 is 1.92 bits per heavy atom. The van der Waals surface area contributed by atoms with Crippen molar-refractivity contribution in [3.05, 3.63) is 0 Å². The number of carbonyl (C=O) groups excluding carboxylic acids is 2. The molecule has 0 bridgehead atoms. The number of amides is 1. The van der Waals surface area contributed by atoms with Crippen molar-refractivity contribution < 1.29 is 30.0 Å². The van der Waals surface area contributed by atoms with Crippen LogP contribution in [0.5, 0.6) is 0 Å². The molecule has 76 valence electrons. The quantitative estimate of drug-likeness (QED) is 0.283. The first-order valence-corrected chi connectivity index (χ1v) is 3.38. The molecule has 0 aliphatic carbocycles. The maximum absolute atomic E-state index is 10.3. The summed E-state index contributed by atoms with van der Waals surface area (Å²) in [4.78, 5) is 20.2. The SMILES string of the molecule is NC(=O)[C@@H](O)[C@H](O)[C@@H](O)[C@H](O)C=O. The summed E-state index contributed by atoms with van der Waals surface area (Å²) in [6.45, 7) is 0. The Bertz CT molecular complexity index is 196. The van der Waals surface area contributed by atoms with E-state index in [0.717, 1.165) is 0 Å². The molecule has 0 spiro atoms. The van der Waals surface area contributed by atoms with Gasteiger partial charge in [-0.05, 0) is 0 Å². The highest BCUT2D eigenvalue weighted by Crippen LogP contribution is 2.03. The Balaban J connectivity index is 4.32. The van der Waals surface area contributed by atoms with Gasteiger partial charge in [-0.25, -0.2) is 0 Å². The van der Waals surface area contributed by atoms with Gasteiger partial charge in [-0.3, -0.25) is 4.79 Å². The number of hydrogen-bond acceptors (Lipinski definition) is 6. The van der Waals surface area contributed by atoms with Gasteiger partial charge in [0.05, 0.1) is 0 Å². The van der Waals surface area contributed by atoms with E-state index in [1.54, 1.807) is 0 Å². The van der Waals surface area contributed by atoms with Crippen LogP contribution in [-0.4, -0.2) is 57.0 Å². The zero-order chi connectivity index (χ0) is 10.6. The topological polar surface area (TPSA) is 141 Å². The van der Waals surface area contributed by atoms with E-state index in [9.17, 15) is 9.59 Å². The zero-order valence-electron chi connectivity index (χ0n) is 6.57. The summed E-state index contributed by atoms with van der Waals surface area (Å²) in [5.74, 6) is -1.26. The molecule has 0 aromatic heterocycles. The predicted octanol–water partition coefficient (Wildman–Crippen LogP) is -3.89. The van der Waals surface area contributed by atoms with Gasteiger partial charge >= 0.3 is 0 Å². The molecule has 4 atom stereocenters. The van der Waals surface area contributed by atoms with Crippen LogP contribution in [0.25, 0.3) is 0 Å². The van der Waals surface area contributed by atoms with E-state index in [0.29, 0.717) is 0 Å². The summed E-state index contributed by atoms with van der Waals surface area (Å²) in [5.41, 5.74) is 4.59. The summed E-state index contributed by atoms with van der Waals surface area (Å²) in [6.07, 6.45) is -7.87. The summed E-state index contributed by atoms with van der Waals surface area (Å²) in [7, 11) is 0. The number of aliphatic hydroxyl groups excluding tert-OH is 4. The fraction of sp³-hybridized carbons (Fsp3) is 0.667. The number of nitrogens with two attached hydrogens (primary N) is 1. The van der Waals surface area contributed by atoms with Crippen LogP contribution in [0.15, 0.2) is 0 Å². The summed E-state index contributed by atoms with van der Waals surface area (Å²) in [5, 5.41) is 35.3. The van der Waals surface area contributed by atoms with Gasteiger partial charge in [0.15, 0.2) is 12.4 Å². The van der Waals surface area contributed by atoms with Crippen molar-refractivity contribution >= 4 is 12.2 Å². The average Bonchev–Trinajstić information content (AvgIpc) is 2.12. The van der Waals surface area contributed by atoms with Crippen LogP contribution in [-0.2, 0) is 9.59 Å². The molecule has 0 aromatic rings. The Morgan fingerprint density at radius 1 is 1.15 bits per heavy atom. The first-order chi connectivity index (χ1) is 5.91. The second-order valence-electron chi connectivity index (χ2n) is 2.46. The number of hydrogen-bond donors (Lipinski definition) is 5. The van der Waals surface area contributed by atoms with E-state index in [-0.39, 0.29) is 6.29 Å². The van der Waals surface area contributed by atoms with Gasteiger partial charge in [0, 0.05) is 0 Å². The standard InChI is InChI=1S/C6H11NO6/c7-6(13)5(12)4(11)3(10)2(9)1-8/h1-5,9-12H,(H2,7,13)/t2-,3+,4-,5+/m1/s1. The molecule has 0 unspecified atom stereocenters. The Kier molecular flexibility index (Phi) is 4.49. The molecule has 0 saturated heterocycles. The Morgan fingerprint density at radius 2 is 1.62 bits per heavy atom. The highest BCUT2D eigenvalue weighted by Gasteiger charge is 2.32. The number of carbonyl (C=O) groups is 2. The number of aldehydes is 1. The molecule has 1 amide bonds. The highest BCUT2D eigenvalue weighted by atomic mass is 16.4. The van der Waals surface area contributed by atoms with Crippen LogP contribution < -0.4 is 5.73 Å². The molecule has 13 heavy (non-hydrogen) atoms. The highest BCUT2D eigenvalue weighted by molar-refractivity contribution is 5.79. The van der Waals surface area contributed by atoms with E-state index in [4.69, 9.17) is 20.4 Å². The molecular formula is C6H11NO6. The third-order valence-electron chi connectivity index (χ3n) is 1.45. The fourth-order valence-electron chi connectivity index (χ4n) is 0.638. The van der Waals surface area contributed by atoms with Crippen molar-refractivity contribution in [1.82, 2.24) is 0 Å². The minimum Gasteiger partial charge on any atom is -0.387 e. The third-order valence-corrected chi connectivity index (χ3v) is 1.45. The van der Waals surface area contributed by atoms with E-state index in [1.165, 1.54) is 0 Å². The largest absolute Gasteiger partial charge is 0.387 e. The normalized spacial score (nSPS) is 20.0. The van der Waals surface area contributed by atoms with Crippen molar-refractivity contribution in [2.24, 2.45) is 5.73 Å². The van der Waals surface area contributed by atoms with Crippen molar-refractivity contribution in [2.75, 3.05) is 0 Å².